The molecule has 2 atom stereocenters. The smallest absolute Gasteiger partial charge is 0.164 e. The monoisotopic (exact) mass is 969 g/mol. The summed E-state index contributed by atoms with van der Waals surface area (Å²) in [5.74, 6) is 4.42. The first kappa shape index (κ1) is 42.6. The van der Waals surface area contributed by atoms with E-state index < -0.39 is 5.41 Å². The molecule has 5 aliphatic rings. The molecule has 0 radical (unpaired) electrons. The largest absolute Gasteiger partial charge is 0.457 e. The highest BCUT2D eigenvalue weighted by molar-refractivity contribution is 5.90. The number of rotatable bonds is 6. The fourth-order valence-electron chi connectivity index (χ4n) is 12.9. The van der Waals surface area contributed by atoms with Crippen LogP contribution in [-0.4, -0.2) is 24.9 Å². The van der Waals surface area contributed by atoms with Crippen LogP contribution in [0.2, 0.25) is 0 Å². The fourth-order valence-corrected chi connectivity index (χ4v) is 12.9. The van der Waals surface area contributed by atoms with Gasteiger partial charge in [-0.1, -0.05) is 212 Å². The molecule has 0 amide bonds. The molecule has 1 aliphatic heterocycles. The number of aromatic nitrogens is 5. The van der Waals surface area contributed by atoms with Gasteiger partial charge in [0.2, 0.25) is 0 Å². The predicted molar refractivity (Wildman–Crippen MR) is 300 cm³/mol. The molecule has 2 unspecified atom stereocenters. The minimum absolute atomic E-state index is 0.0213. The predicted octanol–water partition coefficient (Wildman–Crippen LogP) is 16.1. The highest BCUT2D eigenvalue weighted by Crippen LogP contribution is 2.63. The van der Waals surface area contributed by atoms with E-state index in [1.54, 1.807) is 0 Å². The van der Waals surface area contributed by atoms with Crippen molar-refractivity contribution in [1.29, 1.82) is 0 Å². The van der Waals surface area contributed by atoms with Crippen LogP contribution in [-0.2, 0) is 5.41 Å². The lowest BCUT2D eigenvalue weighted by atomic mass is 9.60. The van der Waals surface area contributed by atoms with Crippen molar-refractivity contribution in [2.75, 3.05) is 0 Å². The van der Waals surface area contributed by atoms with Gasteiger partial charge in [-0.05, 0) is 92.0 Å². The molecule has 2 aromatic heterocycles. The SMILES string of the molecule is c1ccc(-c2nc(-c3ccc4c(c3)C3c5ccccc5C4c4cc(-c5nc(-c6ccccc6)nc(-c6ccccc6)n5)ccc43)cc(-c3ccc4c(c3)C3(c5ccccc5Oc5ccccc53)c3ccccc3-4)n2)cc1. The Labute approximate surface area is 439 Å². The van der Waals surface area contributed by atoms with Gasteiger partial charge >= 0.3 is 0 Å². The van der Waals surface area contributed by atoms with E-state index in [2.05, 4.69) is 206 Å². The van der Waals surface area contributed by atoms with E-state index in [1.165, 1.54) is 55.6 Å². The van der Waals surface area contributed by atoms with Gasteiger partial charge in [0, 0.05) is 56.3 Å². The summed E-state index contributed by atoms with van der Waals surface area (Å²) >= 11 is 0. The summed E-state index contributed by atoms with van der Waals surface area (Å²) in [4.78, 5) is 26.1. The summed E-state index contributed by atoms with van der Waals surface area (Å²) < 4.78 is 6.67. The Morgan fingerprint density at radius 3 is 1.22 bits per heavy atom. The molecular formula is C70H43N5O. The van der Waals surface area contributed by atoms with Crippen molar-refractivity contribution in [2.45, 2.75) is 17.3 Å². The van der Waals surface area contributed by atoms with Gasteiger partial charge in [0.15, 0.2) is 23.3 Å². The third-order valence-electron chi connectivity index (χ3n) is 16.2. The van der Waals surface area contributed by atoms with Crippen molar-refractivity contribution < 1.29 is 4.74 Å². The third kappa shape index (κ3) is 6.31. The number of para-hydroxylation sites is 2. The van der Waals surface area contributed by atoms with Crippen LogP contribution in [0.15, 0.2) is 249 Å². The van der Waals surface area contributed by atoms with E-state index in [1.807, 2.05) is 42.5 Å². The quantitative estimate of drug-likeness (QED) is 0.165. The zero-order valence-corrected chi connectivity index (χ0v) is 41.0. The molecule has 12 aromatic rings. The molecule has 6 heteroatoms. The second-order valence-electron chi connectivity index (χ2n) is 20.2. The number of benzene rings is 10. The number of fused-ring (bicyclic) bond motifs is 9. The zero-order chi connectivity index (χ0) is 49.9. The maximum Gasteiger partial charge on any atom is 0.164 e. The number of hydrogen-bond donors (Lipinski definition) is 0. The fraction of sp³-hybridized carbons (Fsp3) is 0.0429. The van der Waals surface area contributed by atoms with Gasteiger partial charge in [-0.15, -0.1) is 0 Å². The van der Waals surface area contributed by atoms with E-state index in [-0.39, 0.29) is 11.8 Å². The second kappa shape index (κ2) is 16.6. The minimum Gasteiger partial charge on any atom is -0.457 e. The van der Waals surface area contributed by atoms with Gasteiger partial charge in [-0.3, -0.25) is 0 Å². The van der Waals surface area contributed by atoms with Gasteiger partial charge in [-0.2, -0.15) is 0 Å². The van der Waals surface area contributed by atoms with Gasteiger partial charge in [0.05, 0.1) is 16.8 Å². The highest BCUT2D eigenvalue weighted by atomic mass is 16.5. The summed E-state index contributed by atoms with van der Waals surface area (Å²) in [6.07, 6.45) is 0. The van der Waals surface area contributed by atoms with Crippen molar-refractivity contribution in [2.24, 2.45) is 0 Å². The van der Waals surface area contributed by atoms with Crippen LogP contribution >= 0.6 is 0 Å². The molecule has 3 heterocycles. The van der Waals surface area contributed by atoms with E-state index in [4.69, 9.17) is 29.7 Å². The Morgan fingerprint density at radius 2 is 0.658 bits per heavy atom. The Balaban J connectivity index is 0.840. The number of ether oxygens (including phenoxy) is 1. The summed E-state index contributed by atoms with van der Waals surface area (Å²) in [5.41, 5.74) is 22.1. The minimum atomic E-state index is -0.599. The van der Waals surface area contributed by atoms with Crippen molar-refractivity contribution in [3.8, 4) is 90.7 Å². The molecule has 0 N–H and O–H groups in total. The van der Waals surface area contributed by atoms with E-state index in [0.717, 1.165) is 67.4 Å². The van der Waals surface area contributed by atoms with Crippen LogP contribution in [0.3, 0.4) is 0 Å². The Hall–Kier alpha value is -9.91. The molecule has 1 spiro atoms. The van der Waals surface area contributed by atoms with E-state index >= 15 is 0 Å². The Bertz CT molecular complexity index is 4240. The van der Waals surface area contributed by atoms with Gasteiger partial charge in [0.25, 0.3) is 0 Å². The highest BCUT2D eigenvalue weighted by Gasteiger charge is 2.51. The lowest BCUT2D eigenvalue weighted by Crippen LogP contribution is -2.32. The molecule has 6 nitrogen and oxygen atoms in total. The van der Waals surface area contributed by atoms with Crippen molar-refractivity contribution in [3.05, 3.63) is 304 Å². The van der Waals surface area contributed by atoms with E-state index in [9.17, 15) is 0 Å². The lowest BCUT2D eigenvalue weighted by molar-refractivity contribution is 0.436. The molecular weight excluding hydrogens is 927 g/mol. The standard InChI is InChI=1S/C70H43N5O/c1-4-18-42(19-5-1)66-71-60(41-61(72-66)46-32-35-49-48-24-12-13-27-56(48)70(59(49)40-46)57-28-14-16-30-62(57)76-63-31-17-15-29-58(63)70)45-33-36-52-54(38-45)64-50-25-10-11-26-51(50)65(52)55-39-47(34-37-53(55)64)69-74-67(43-20-6-2-7-21-43)73-68(75-69)44-22-8-3-9-23-44/h1-41,64-65H. The zero-order valence-electron chi connectivity index (χ0n) is 41.0. The Kier molecular flexibility index (Phi) is 9.27. The van der Waals surface area contributed by atoms with Gasteiger partial charge in [0.1, 0.15) is 11.5 Å². The maximum atomic E-state index is 6.67. The maximum absolute atomic E-state index is 6.67. The first-order valence-electron chi connectivity index (χ1n) is 26.0. The molecule has 0 fully saturated rings. The molecule has 354 valence electrons. The topological polar surface area (TPSA) is 73.7 Å². The molecule has 2 bridgehead atoms. The third-order valence-corrected chi connectivity index (χ3v) is 16.2. The van der Waals surface area contributed by atoms with Crippen molar-refractivity contribution >= 4 is 0 Å². The molecule has 0 saturated carbocycles. The molecule has 17 rings (SSSR count). The average Bonchev–Trinajstić information content (AvgIpc) is 3.97. The molecule has 76 heavy (non-hydrogen) atoms. The van der Waals surface area contributed by atoms with Crippen LogP contribution in [0, 0.1) is 0 Å². The molecule has 10 aromatic carbocycles. The summed E-state index contributed by atoms with van der Waals surface area (Å²) in [7, 11) is 0. The van der Waals surface area contributed by atoms with Crippen LogP contribution in [0.25, 0.3) is 79.2 Å². The van der Waals surface area contributed by atoms with Crippen molar-refractivity contribution in [1.82, 2.24) is 24.9 Å². The van der Waals surface area contributed by atoms with Gasteiger partial charge < -0.3 is 4.74 Å². The average molecular weight is 970 g/mol. The Morgan fingerprint density at radius 1 is 0.263 bits per heavy atom. The van der Waals surface area contributed by atoms with Gasteiger partial charge in [-0.25, -0.2) is 24.9 Å². The van der Waals surface area contributed by atoms with Crippen molar-refractivity contribution in [3.63, 3.8) is 0 Å². The summed E-state index contributed by atoms with van der Waals surface area (Å²) in [6, 6.07) is 88.5. The first-order chi connectivity index (χ1) is 37.7. The second-order valence-corrected chi connectivity index (χ2v) is 20.2. The van der Waals surface area contributed by atoms with Crippen LogP contribution < -0.4 is 4.74 Å². The first-order valence-corrected chi connectivity index (χ1v) is 26.0. The molecule has 0 saturated heterocycles. The molecule has 4 aliphatic carbocycles. The van der Waals surface area contributed by atoms with Crippen LogP contribution in [0.4, 0.5) is 0 Å². The number of hydrogen-bond acceptors (Lipinski definition) is 6. The number of nitrogens with zero attached hydrogens (tertiary/aromatic N) is 5. The summed E-state index contributed by atoms with van der Waals surface area (Å²) in [6.45, 7) is 0. The normalized spacial score (nSPS) is 15.3. The summed E-state index contributed by atoms with van der Waals surface area (Å²) in [5, 5.41) is 0. The lowest BCUT2D eigenvalue weighted by Gasteiger charge is -2.42. The van der Waals surface area contributed by atoms with Crippen LogP contribution in [0.1, 0.15) is 67.5 Å². The van der Waals surface area contributed by atoms with E-state index in [0.29, 0.717) is 23.3 Å². The van der Waals surface area contributed by atoms with Crippen LogP contribution in [0.5, 0.6) is 11.5 Å².